The van der Waals surface area contributed by atoms with Gasteiger partial charge >= 0.3 is 5.97 Å². The molecule has 2 atom stereocenters. The van der Waals surface area contributed by atoms with Crippen molar-refractivity contribution in [2.75, 3.05) is 45.4 Å². The van der Waals surface area contributed by atoms with Gasteiger partial charge in [0.05, 0.1) is 48.7 Å². The Morgan fingerprint density at radius 2 is 2.10 bits per heavy atom. The van der Waals surface area contributed by atoms with Crippen LogP contribution in [-0.2, 0) is 14.2 Å². The van der Waals surface area contributed by atoms with Crippen molar-refractivity contribution < 1.29 is 23.8 Å². The maximum Gasteiger partial charge on any atom is 0.349 e. The number of anilines is 1. The number of aryl methyl sites for hydroxylation is 1. The zero-order chi connectivity index (χ0) is 22.5. The van der Waals surface area contributed by atoms with Gasteiger partial charge in [0.2, 0.25) is 0 Å². The van der Waals surface area contributed by atoms with Crippen molar-refractivity contribution in [3.8, 4) is 0 Å². The van der Waals surface area contributed by atoms with Crippen LogP contribution in [0.25, 0.3) is 0 Å². The molecule has 1 aliphatic heterocycles. The summed E-state index contributed by atoms with van der Waals surface area (Å²) in [5, 5.41) is 4.23. The molecule has 170 valence electrons. The fourth-order valence-corrected chi connectivity index (χ4v) is 4.57. The lowest BCUT2D eigenvalue weighted by atomic mass is 10.0. The Balaban J connectivity index is 1.71. The van der Waals surface area contributed by atoms with Gasteiger partial charge in [0.15, 0.2) is 5.13 Å². The largest absolute Gasteiger partial charge is 0.465 e. The molecule has 31 heavy (non-hydrogen) atoms. The molecule has 0 aliphatic carbocycles. The number of hydrogen-bond acceptors (Lipinski definition) is 8. The third-order valence-corrected chi connectivity index (χ3v) is 6.91. The lowest BCUT2D eigenvalue weighted by molar-refractivity contribution is -0.00498. The van der Waals surface area contributed by atoms with Crippen molar-refractivity contribution in [1.29, 1.82) is 0 Å². The van der Waals surface area contributed by atoms with E-state index in [0.717, 1.165) is 0 Å². The van der Waals surface area contributed by atoms with Crippen molar-refractivity contribution in [1.82, 2.24) is 15.3 Å². The Kier molecular flexibility index (Phi) is 8.17. The summed E-state index contributed by atoms with van der Waals surface area (Å²) in [5.74, 6) is -0.767. The minimum atomic E-state index is -0.421. The van der Waals surface area contributed by atoms with Crippen LogP contribution >= 0.6 is 34.5 Å². The van der Waals surface area contributed by atoms with Crippen molar-refractivity contribution in [3.05, 3.63) is 32.5 Å². The zero-order valence-electron chi connectivity index (χ0n) is 17.4. The van der Waals surface area contributed by atoms with Gasteiger partial charge in [0, 0.05) is 25.9 Å². The number of halogens is 2. The third-order valence-electron chi connectivity index (χ3n) is 4.93. The Morgan fingerprint density at radius 1 is 1.32 bits per heavy atom. The maximum absolute atomic E-state index is 12.8. The van der Waals surface area contributed by atoms with Crippen LogP contribution in [0, 0.1) is 6.92 Å². The molecule has 2 aromatic heterocycles. The topological polar surface area (TPSA) is 106 Å². The highest BCUT2D eigenvalue weighted by atomic mass is 35.5. The number of carbonyl (C=O) groups excluding carboxylic acids is 2. The normalized spacial score (nSPS) is 18.8. The van der Waals surface area contributed by atoms with E-state index in [1.807, 2.05) is 4.90 Å². The summed E-state index contributed by atoms with van der Waals surface area (Å²) in [6, 6.07) is -0.251. The highest BCUT2D eigenvalue weighted by molar-refractivity contribution is 7.17. The summed E-state index contributed by atoms with van der Waals surface area (Å²) in [5.41, 5.74) is 0.856. The number of H-pyrrole nitrogens is 1. The van der Waals surface area contributed by atoms with Gasteiger partial charge in [0.1, 0.15) is 10.6 Å². The van der Waals surface area contributed by atoms with Crippen LogP contribution in [0.1, 0.15) is 32.3 Å². The fourth-order valence-electron chi connectivity index (χ4n) is 3.28. The number of rotatable bonds is 8. The average Bonchev–Trinajstić information content (AvgIpc) is 3.35. The standard InChI is InChI=1S/C19H24Cl2N4O5S/c1-10-14(20)15(21)16(23-10)17(26)24-11-4-5-25(9-12(11)30-7-6-28-2)19-22-8-13(31-19)18(27)29-3/h8,11-12,23H,4-7,9H2,1-3H3,(H,24,26)/t11-,12+/m1/s1. The van der Waals surface area contributed by atoms with E-state index in [1.165, 1.54) is 24.6 Å². The second-order valence-corrected chi connectivity index (χ2v) is 8.73. The van der Waals surface area contributed by atoms with E-state index in [9.17, 15) is 9.59 Å². The first-order chi connectivity index (χ1) is 14.8. The molecule has 12 heteroatoms. The summed E-state index contributed by atoms with van der Waals surface area (Å²) < 4.78 is 15.8. The van der Waals surface area contributed by atoms with Crippen LogP contribution in [0.5, 0.6) is 0 Å². The first-order valence-corrected chi connectivity index (χ1v) is 11.2. The Hall–Kier alpha value is -1.85. The summed E-state index contributed by atoms with van der Waals surface area (Å²) in [6.07, 6.45) is 1.80. The third kappa shape index (κ3) is 5.50. The van der Waals surface area contributed by atoms with Gasteiger partial charge in [-0.15, -0.1) is 0 Å². The van der Waals surface area contributed by atoms with Crippen molar-refractivity contribution in [2.24, 2.45) is 0 Å². The van der Waals surface area contributed by atoms with E-state index in [1.54, 1.807) is 14.0 Å². The molecule has 0 radical (unpaired) electrons. The van der Waals surface area contributed by atoms with E-state index in [-0.39, 0.29) is 28.8 Å². The highest BCUT2D eigenvalue weighted by Crippen LogP contribution is 2.30. The first kappa shape index (κ1) is 23.8. The lowest BCUT2D eigenvalue weighted by Gasteiger charge is -2.38. The van der Waals surface area contributed by atoms with Crippen LogP contribution in [0.4, 0.5) is 5.13 Å². The van der Waals surface area contributed by atoms with Crippen molar-refractivity contribution in [2.45, 2.75) is 25.5 Å². The molecule has 0 bridgehead atoms. The highest BCUT2D eigenvalue weighted by Gasteiger charge is 2.33. The van der Waals surface area contributed by atoms with Gasteiger partial charge in [-0.1, -0.05) is 34.5 Å². The smallest absolute Gasteiger partial charge is 0.349 e. The molecule has 2 N–H and O–H groups in total. The summed E-state index contributed by atoms with van der Waals surface area (Å²) in [6.45, 7) is 3.66. The average molecular weight is 491 g/mol. The van der Waals surface area contributed by atoms with Crippen LogP contribution < -0.4 is 10.2 Å². The molecule has 9 nitrogen and oxygen atoms in total. The number of amides is 1. The van der Waals surface area contributed by atoms with Crippen LogP contribution in [0.3, 0.4) is 0 Å². The summed E-state index contributed by atoms with van der Waals surface area (Å²) >= 11 is 13.5. The SMILES string of the molecule is COCCO[C@H]1CN(c2ncc(C(=O)OC)s2)CC[C@H]1NC(=O)c1[nH]c(C)c(Cl)c1Cl. The number of hydrogen-bond donors (Lipinski definition) is 2. The second-order valence-electron chi connectivity index (χ2n) is 6.97. The molecule has 0 spiro atoms. The van der Waals surface area contributed by atoms with Gasteiger partial charge in [-0.3, -0.25) is 4.79 Å². The van der Waals surface area contributed by atoms with E-state index in [2.05, 4.69) is 15.3 Å². The number of nitrogens with one attached hydrogen (secondary N) is 2. The maximum atomic E-state index is 12.8. The van der Waals surface area contributed by atoms with Crippen LogP contribution in [0.15, 0.2) is 6.20 Å². The number of methoxy groups -OCH3 is 2. The minimum Gasteiger partial charge on any atom is -0.465 e. The van der Waals surface area contributed by atoms with Gasteiger partial charge < -0.3 is 29.4 Å². The van der Waals surface area contributed by atoms with Crippen LogP contribution in [0.2, 0.25) is 10.0 Å². The number of ether oxygens (including phenoxy) is 3. The van der Waals surface area contributed by atoms with E-state index in [0.29, 0.717) is 53.4 Å². The van der Waals surface area contributed by atoms with Crippen molar-refractivity contribution in [3.63, 3.8) is 0 Å². The Morgan fingerprint density at radius 3 is 2.74 bits per heavy atom. The predicted molar refractivity (Wildman–Crippen MR) is 119 cm³/mol. The van der Waals surface area contributed by atoms with Crippen LogP contribution in [-0.4, -0.2) is 74.5 Å². The molecule has 3 rings (SSSR count). The fraction of sp³-hybridized carbons (Fsp3) is 0.526. The minimum absolute atomic E-state index is 0.198. The molecule has 1 aliphatic rings. The second kappa shape index (κ2) is 10.6. The molecule has 0 unspecified atom stereocenters. The van der Waals surface area contributed by atoms with Gasteiger partial charge in [0.25, 0.3) is 5.91 Å². The molecule has 2 aromatic rings. The molecule has 0 saturated carbocycles. The molecule has 1 saturated heterocycles. The van der Waals surface area contributed by atoms with Gasteiger partial charge in [-0.25, -0.2) is 9.78 Å². The summed E-state index contributed by atoms with van der Waals surface area (Å²) in [7, 11) is 2.93. The molecule has 1 amide bonds. The number of nitrogens with zero attached hydrogens (tertiary/aromatic N) is 2. The molecular weight excluding hydrogens is 467 g/mol. The van der Waals surface area contributed by atoms with E-state index >= 15 is 0 Å². The first-order valence-electron chi connectivity index (χ1n) is 9.59. The Labute approximate surface area is 194 Å². The van der Waals surface area contributed by atoms with E-state index in [4.69, 9.17) is 37.4 Å². The molecule has 3 heterocycles. The number of piperidine rings is 1. The number of aromatic amines is 1. The Bertz CT molecular complexity index is 935. The number of aromatic nitrogens is 2. The van der Waals surface area contributed by atoms with Crippen molar-refractivity contribution >= 4 is 51.5 Å². The number of thiazole rings is 1. The zero-order valence-corrected chi connectivity index (χ0v) is 19.7. The summed E-state index contributed by atoms with van der Waals surface area (Å²) in [4.78, 5) is 34.2. The molecule has 1 fully saturated rings. The van der Waals surface area contributed by atoms with Gasteiger partial charge in [-0.05, 0) is 13.3 Å². The molecular formula is C19H24Cl2N4O5S. The lowest BCUT2D eigenvalue weighted by Crippen LogP contribution is -2.55. The predicted octanol–water partition coefficient (Wildman–Crippen LogP) is 2.91. The van der Waals surface area contributed by atoms with E-state index < -0.39 is 5.97 Å². The quantitative estimate of drug-likeness (QED) is 0.432. The molecule has 0 aromatic carbocycles. The van der Waals surface area contributed by atoms with Gasteiger partial charge in [-0.2, -0.15) is 0 Å². The number of esters is 1. The number of carbonyl (C=O) groups is 2. The monoisotopic (exact) mass is 490 g/mol.